The number of hydrogen-bond donors (Lipinski definition) is 2. The molecular formula is C38H27Cl3FN3O5. The first-order valence-electron chi connectivity index (χ1n) is 15.9. The molecule has 6 unspecified atom stereocenters. The van der Waals surface area contributed by atoms with E-state index in [-0.39, 0.29) is 34.9 Å². The molecule has 4 aromatic carbocycles. The van der Waals surface area contributed by atoms with Gasteiger partial charge in [-0.2, -0.15) is 0 Å². The quantitative estimate of drug-likeness (QED) is 0.124. The number of carbonyl (C=O) groups excluding carboxylic acids is 4. The van der Waals surface area contributed by atoms with Crippen LogP contribution in [0.4, 0.5) is 27.1 Å². The van der Waals surface area contributed by atoms with E-state index < -0.39 is 62.9 Å². The van der Waals surface area contributed by atoms with Gasteiger partial charge in [0, 0.05) is 27.9 Å². The van der Waals surface area contributed by atoms with E-state index >= 15 is 0 Å². The molecule has 2 aliphatic heterocycles. The fourth-order valence-electron chi connectivity index (χ4n) is 8.14. The number of phenols is 1. The average molecular weight is 731 g/mol. The molecule has 8 rings (SSSR count). The van der Waals surface area contributed by atoms with Crippen LogP contribution in [0.15, 0.2) is 109 Å². The van der Waals surface area contributed by atoms with Gasteiger partial charge < -0.3 is 10.4 Å². The number of aromatic hydroxyl groups is 1. The van der Waals surface area contributed by atoms with Crippen LogP contribution < -0.4 is 15.1 Å². The topological polar surface area (TPSA) is 107 Å². The molecule has 4 aromatic rings. The Morgan fingerprint density at radius 2 is 1.40 bits per heavy atom. The summed E-state index contributed by atoms with van der Waals surface area (Å²) in [6, 6.07) is 25.5. The van der Waals surface area contributed by atoms with E-state index in [0.29, 0.717) is 11.3 Å². The van der Waals surface area contributed by atoms with Crippen LogP contribution in [-0.4, -0.2) is 38.5 Å². The lowest BCUT2D eigenvalue weighted by Gasteiger charge is -2.50. The first kappa shape index (κ1) is 32.5. The normalized spacial score (nSPS) is 28.7. The van der Waals surface area contributed by atoms with Crippen molar-refractivity contribution in [3.05, 3.63) is 125 Å². The Bertz CT molecular complexity index is 2130. The zero-order chi connectivity index (χ0) is 35.1. The van der Waals surface area contributed by atoms with Crippen molar-refractivity contribution >= 4 is 81.2 Å². The summed E-state index contributed by atoms with van der Waals surface area (Å²) >= 11 is 21.1. The van der Waals surface area contributed by atoms with E-state index in [1.807, 2.05) is 30.3 Å². The second-order valence-corrected chi connectivity index (χ2v) is 14.7. The van der Waals surface area contributed by atoms with Crippen molar-refractivity contribution in [1.29, 1.82) is 0 Å². The maximum absolute atomic E-state index is 14.5. The highest BCUT2D eigenvalue weighted by atomic mass is 35.5. The van der Waals surface area contributed by atoms with Crippen LogP contribution in [0, 0.1) is 23.6 Å². The lowest BCUT2D eigenvalue weighted by Crippen LogP contribution is -2.60. The van der Waals surface area contributed by atoms with Gasteiger partial charge in [0.25, 0.3) is 11.8 Å². The molecule has 2 saturated heterocycles. The van der Waals surface area contributed by atoms with E-state index in [2.05, 4.69) is 5.32 Å². The summed E-state index contributed by atoms with van der Waals surface area (Å²) in [7, 11) is 0. The number of anilines is 4. The number of imide groups is 2. The van der Waals surface area contributed by atoms with E-state index in [0.717, 1.165) is 28.4 Å². The molecule has 4 amide bonds. The molecule has 0 spiro atoms. The zero-order valence-corrected chi connectivity index (χ0v) is 28.3. The zero-order valence-electron chi connectivity index (χ0n) is 26.0. The molecule has 50 heavy (non-hydrogen) atoms. The van der Waals surface area contributed by atoms with Gasteiger partial charge in [0.2, 0.25) is 11.8 Å². The highest BCUT2D eigenvalue weighted by Gasteiger charge is 2.77. The first-order chi connectivity index (χ1) is 23.9. The number of nitrogens with one attached hydrogen (secondary N) is 1. The standard InChI is InChI=1S/C38H27Cl3FN3O5/c39-20-6-17-30(46)28(18-20)32-26-15-16-27-31(34(48)44(33(27)47)24-13-9-23(10-14-24)43-22-4-2-1-3-5-22)29(26)19-37(40)35(49)45(36(50)38(32,37)41)25-11-7-21(42)8-12-25/h1-15,17-18,27,29,31-32,43,46H,16,19H2. The van der Waals surface area contributed by atoms with Crippen LogP contribution in [0.25, 0.3) is 0 Å². The number of phenolic OH excluding ortho intramolecular Hbond substituents is 1. The summed E-state index contributed by atoms with van der Waals surface area (Å²) in [5.74, 6) is -7.14. The van der Waals surface area contributed by atoms with Crippen molar-refractivity contribution in [2.24, 2.45) is 17.8 Å². The average Bonchev–Trinajstić information content (AvgIpc) is 3.45. The van der Waals surface area contributed by atoms with E-state index in [4.69, 9.17) is 34.8 Å². The van der Waals surface area contributed by atoms with E-state index in [9.17, 15) is 28.7 Å². The number of fused-ring (bicyclic) bond motifs is 4. The lowest BCUT2D eigenvalue weighted by atomic mass is 9.56. The number of alkyl halides is 2. The number of rotatable bonds is 5. The monoisotopic (exact) mass is 729 g/mol. The second kappa shape index (κ2) is 11.7. The Hall–Kier alpha value is -4.70. The lowest BCUT2D eigenvalue weighted by molar-refractivity contribution is -0.125. The van der Waals surface area contributed by atoms with Crippen molar-refractivity contribution in [1.82, 2.24) is 0 Å². The maximum atomic E-state index is 14.5. The molecule has 252 valence electrons. The molecule has 0 radical (unpaired) electrons. The third-order valence-corrected chi connectivity index (χ3v) is 12.0. The number of amides is 4. The van der Waals surface area contributed by atoms with Gasteiger partial charge in [-0.25, -0.2) is 9.29 Å². The molecule has 0 bridgehead atoms. The first-order valence-corrected chi connectivity index (χ1v) is 17.1. The summed E-state index contributed by atoms with van der Waals surface area (Å²) in [5, 5.41) is 14.7. The number of para-hydroxylation sites is 1. The predicted octanol–water partition coefficient (Wildman–Crippen LogP) is 7.70. The number of allylic oxidation sites excluding steroid dienone is 2. The van der Waals surface area contributed by atoms with Crippen LogP contribution in [0.1, 0.15) is 24.3 Å². The number of nitrogens with zero attached hydrogens (tertiary/aromatic N) is 2. The van der Waals surface area contributed by atoms with Gasteiger partial charge in [0.15, 0.2) is 9.75 Å². The van der Waals surface area contributed by atoms with Crippen molar-refractivity contribution in [2.75, 3.05) is 15.1 Å². The van der Waals surface area contributed by atoms with E-state index in [1.165, 1.54) is 35.2 Å². The molecule has 2 aliphatic carbocycles. The van der Waals surface area contributed by atoms with Crippen LogP contribution in [-0.2, 0) is 19.2 Å². The molecular weight excluding hydrogens is 704 g/mol. The molecule has 1 saturated carbocycles. The largest absolute Gasteiger partial charge is 0.508 e. The summed E-state index contributed by atoms with van der Waals surface area (Å²) < 4.78 is 13.9. The molecule has 12 heteroatoms. The van der Waals surface area contributed by atoms with E-state index in [1.54, 1.807) is 30.3 Å². The van der Waals surface area contributed by atoms with Gasteiger partial charge in [-0.05, 0) is 97.6 Å². The third-order valence-electron chi connectivity index (χ3n) is 10.4. The molecule has 8 nitrogen and oxygen atoms in total. The van der Waals surface area contributed by atoms with Gasteiger partial charge in [-0.15, -0.1) is 23.2 Å². The van der Waals surface area contributed by atoms with Crippen molar-refractivity contribution < 1.29 is 28.7 Å². The summed E-state index contributed by atoms with van der Waals surface area (Å²) in [4.78, 5) is 54.9. The Morgan fingerprint density at radius 3 is 2.10 bits per heavy atom. The highest BCUT2D eigenvalue weighted by Crippen LogP contribution is 2.66. The highest BCUT2D eigenvalue weighted by molar-refractivity contribution is 6.58. The maximum Gasteiger partial charge on any atom is 0.258 e. The predicted molar refractivity (Wildman–Crippen MR) is 188 cm³/mol. The minimum atomic E-state index is -2.19. The van der Waals surface area contributed by atoms with Gasteiger partial charge in [0.05, 0.1) is 23.2 Å². The van der Waals surface area contributed by atoms with Crippen molar-refractivity contribution in [3.63, 3.8) is 0 Å². The number of hydrogen-bond acceptors (Lipinski definition) is 6. The molecule has 4 aliphatic rings. The minimum absolute atomic E-state index is 0.0586. The van der Waals surface area contributed by atoms with Crippen molar-refractivity contribution in [2.45, 2.75) is 28.5 Å². The van der Waals surface area contributed by atoms with Gasteiger partial charge >= 0.3 is 0 Å². The van der Waals surface area contributed by atoms with Gasteiger partial charge in [-0.3, -0.25) is 24.1 Å². The third kappa shape index (κ3) is 4.63. The Morgan fingerprint density at radius 1 is 0.760 bits per heavy atom. The summed E-state index contributed by atoms with van der Waals surface area (Å²) in [5.41, 5.74) is 2.72. The Kier molecular flexibility index (Phi) is 7.60. The summed E-state index contributed by atoms with van der Waals surface area (Å²) in [6.45, 7) is 0. The number of carbonyl (C=O) groups is 4. The van der Waals surface area contributed by atoms with Crippen LogP contribution in [0.3, 0.4) is 0 Å². The number of halogens is 4. The van der Waals surface area contributed by atoms with Crippen LogP contribution >= 0.6 is 34.8 Å². The minimum Gasteiger partial charge on any atom is -0.508 e. The summed E-state index contributed by atoms with van der Waals surface area (Å²) in [6.07, 6.45) is 1.67. The fraction of sp³-hybridized carbons (Fsp3) is 0.211. The van der Waals surface area contributed by atoms with Gasteiger partial charge in [0.1, 0.15) is 11.6 Å². The Balaban J connectivity index is 1.21. The molecule has 2 N–H and O–H groups in total. The molecule has 0 aromatic heterocycles. The second-order valence-electron chi connectivity index (χ2n) is 13.0. The molecule has 6 atom stereocenters. The van der Waals surface area contributed by atoms with Gasteiger partial charge in [-0.1, -0.05) is 41.4 Å². The van der Waals surface area contributed by atoms with Crippen LogP contribution in [0.5, 0.6) is 5.75 Å². The Labute approximate surface area is 301 Å². The fourth-order valence-corrected chi connectivity index (χ4v) is 9.24. The van der Waals surface area contributed by atoms with Crippen molar-refractivity contribution in [3.8, 4) is 5.75 Å². The number of benzene rings is 4. The SMILES string of the molecule is O=C1C2CC=C3C(CC4(Cl)C(=O)N(c5ccc(F)cc5)C(=O)C4(Cl)C3c3cc(Cl)ccc3O)C2C(=O)N1c1ccc(Nc2ccccc2)cc1. The molecule has 2 heterocycles. The smallest absolute Gasteiger partial charge is 0.258 e. The molecule has 3 fully saturated rings. The van der Waals surface area contributed by atoms with Crippen LogP contribution in [0.2, 0.25) is 5.02 Å².